The van der Waals surface area contributed by atoms with E-state index in [1.165, 1.54) is 0 Å². The van der Waals surface area contributed by atoms with Gasteiger partial charge in [-0.2, -0.15) is 0 Å². The van der Waals surface area contributed by atoms with E-state index in [1.54, 1.807) is 7.11 Å². The Balaban J connectivity index is 2.08. The van der Waals surface area contributed by atoms with E-state index in [-0.39, 0.29) is 17.8 Å². The lowest BCUT2D eigenvalue weighted by Crippen LogP contribution is -2.50. The van der Waals surface area contributed by atoms with Crippen LogP contribution in [-0.4, -0.2) is 26.4 Å². The van der Waals surface area contributed by atoms with Crippen LogP contribution in [0.1, 0.15) is 32.6 Å². The van der Waals surface area contributed by atoms with Crippen molar-refractivity contribution in [1.29, 1.82) is 0 Å². The van der Waals surface area contributed by atoms with Crippen molar-refractivity contribution in [1.82, 2.24) is 0 Å². The Morgan fingerprint density at radius 1 is 1.11 bits per heavy atom. The molecule has 0 amide bonds. The number of benzene rings is 1. The molecule has 106 valence electrons. The second kappa shape index (κ2) is 6.04. The van der Waals surface area contributed by atoms with Gasteiger partial charge in [-0.25, -0.2) is 0 Å². The van der Waals surface area contributed by atoms with Crippen molar-refractivity contribution in [2.75, 3.05) is 20.3 Å². The molecule has 1 fully saturated rings. The first-order valence-electron chi connectivity index (χ1n) is 6.91. The van der Waals surface area contributed by atoms with Gasteiger partial charge in [0.25, 0.3) is 0 Å². The third-order valence-corrected chi connectivity index (χ3v) is 4.39. The lowest BCUT2D eigenvalue weighted by molar-refractivity contribution is -0.265. The summed E-state index contributed by atoms with van der Waals surface area (Å²) in [5, 5.41) is 0. The molecule has 3 heteroatoms. The molecular weight excluding hydrogens is 240 g/mol. The zero-order valence-corrected chi connectivity index (χ0v) is 12.3. The van der Waals surface area contributed by atoms with E-state index in [1.807, 2.05) is 30.3 Å². The molecule has 0 aromatic heterocycles. The molecule has 2 rings (SSSR count). The first kappa shape index (κ1) is 14.5. The van der Waals surface area contributed by atoms with Gasteiger partial charge in [-0.1, -0.05) is 44.2 Å². The summed E-state index contributed by atoms with van der Waals surface area (Å²) < 4.78 is 17.5. The van der Waals surface area contributed by atoms with E-state index >= 15 is 0 Å². The van der Waals surface area contributed by atoms with E-state index < -0.39 is 0 Å². The zero-order chi connectivity index (χ0) is 13.9. The van der Waals surface area contributed by atoms with Crippen LogP contribution < -0.4 is 0 Å². The van der Waals surface area contributed by atoms with Crippen molar-refractivity contribution >= 4 is 0 Å². The summed E-state index contributed by atoms with van der Waals surface area (Å²) in [6, 6.07) is 10.1. The van der Waals surface area contributed by atoms with Gasteiger partial charge in [0.2, 0.25) is 0 Å². The predicted octanol–water partition coefficient (Wildman–Crippen LogP) is 3.41. The Hall–Kier alpha value is -0.900. The molecule has 0 N–H and O–H groups in total. The number of methoxy groups -OCH3 is 1. The normalized spacial score (nSPS) is 29.4. The number of ether oxygens (including phenoxy) is 3. The Kier molecular flexibility index (Phi) is 4.61. The third-order valence-electron chi connectivity index (χ3n) is 4.39. The minimum Gasteiger partial charge on any atom is -0.381 e. The SMILES string of the molecule is COC(C)C1(C(C)C)COC(c2ccccc2)OC1. The van der Waals surface area contributed by atoms with Crippen LogP contribution in [0, 0.1) is 11.3 Å². The highest BCUT2D eigenvalue weighted by molar-refractivity contribution is 5.16. The van der Waals surface area contributed by atoms with Crippen LogP contribution in [-0.2, 0) is 14.2 Å². The molecule has 0 aliphatic carbocycles. The fourth-order valence-electron chi connectivity index (χ4n) is 2.63. The average molecular weight is 264 g/mol. The summed E-state index contributed by atoms with van der Waals surface area (Å²) in [4.78, 5) is 0. The highest BCUT2D eigenvalue weighted by Crippen LogP contribution is 2.40. The maximum atomic E-state index is 5.96. The van der Waals surface area contributed by atoms with Crippen molar-refractivity contribution < 1.29 is 14.2 Å². The Labute approximate surface area is 115 Å². The van der Waals surface area contributed by atoms with Gasteiger partial charge < -0.3 is 14.2 Å². The summed E-state index contributed by atoms with van der Waals surface area (Å²) in [6.45, 7) is 7.82. The van der Waals surface area contributed by atoms with Crippen molar-refractivity contribution in [3.05, 3.63) is 35.9 Å². The van der Waals surface area contributed by atoms with Crippen LogP contribution in [0.5, 0.6) is 0 Å². The topological polar surface area (TPSA) is 27.7 Å². The van der Waals surface area contributed by atoms with Gasteiger partial charge in [-0.15, -0.1) is 0 Å². The van der Waals surface area contributed by atoms with Crippen LogP contribution in [0.3, 0.4) is 0 Å². The Morgan fingerprint density at radius 3 is 2.16 bits per heavy atom. The van der Waals surface area contributed by atoms with Crippen LogP contribution in [0.15, 0.2) is 30.3 Å². The first-order chi connectivity index (χ1) is 9.10. The summed E-state index contributed by atoms with van der Waals surface area (Å²) in [6.07, 6.45) is -0.138. The molecule has 1 atom stereocenters. The van der Waals surface area contributed by atoms with Crippen LogP contribution in [0.2, 0.25) is 0 Å². The second-order valence-electron chi connectivity index (χ2n) is 5.63. The molecule has 1 aliphatic rings. The van der Waals surface area contributed by atoms with Crippen molar-refractivity contribution in [2.45, 2.75) is 33.2 Å². The highest BCUT2D eigenvalue weighted by atomic mass is 16.7. The molecule has 1 heterocycles. The van der Waals surface area contributed by atoms with E-state index in [9.17, 15) is 0 Å². The molecule has 0 saturated carbocycles. The maximum Gasteiger partial charge on any atom is 0.183 e. The minimum atomic E-state index is -0.253. The van der Waals surface area contributed by atoms with Gasteiger partial charge in [-0.3, -0.25) is 0 Å². The third kappa shape index (κ3) is 2.83. The number of hydrogen-bond acceptors (Lipinski definition) is 3. The molecule has 1 aromatic carbocycles. The van der Waals surface area contributed by atoms with Gasteiger partial charge in [0.15, 0.2) is 6.29 Å². The van der Waals surface area contributed by atoms with Crippen LogP contribution in [0.4, 0.5) is 0 Å². The van der Waals surface area contributed by atoms with Gasteiger partial charge in [-0.05, 0) is 12.8 Å². The Morgan fingerprint density at radius 2 is 1.68 bits per heavy atom. The minimum absolute atomic E-state index is 0.0694. The van der Waals surface area contributed by atoms with Gasteiger partial charge in [0.1, 0.15) is 0 Å². The molecule has 3 nitrogen and oxygen atoms in total. The van der Waals surface area contributed by atoms with Gasteiger partial charge in [0.05, 0.1) is 19.3 Å². The van der Waals surface area contributed by atoms with E-state index in [2.05, 4.69) is 20.8 Å². The molecule has 1 aromatic rings. The molecule has 1 aliphatic heterocycles. The number of hydrogen-bond donors (Lipinski definition) is 0. The zero-order valence-electron chi connectivity index (χ0n) is 12.3. The summed E-state index contributed by atoms with van der Waals surface area (Å²) in [7, 11) is 1.75. The van der Waals surface area contributed by atoms with Gasteiger partial charge >= 0.3 is 0 Å². The molecule has 0 radical (unpaired) electrons. The van der Waals surface area contributed by atoms with Crippen LogP contribution >= 0.6 is 0 Å². The van der Waals surface area contributed by atoms with Crippen LogP contribution in [0.25, 0.3) is 0 Å². The van der Waals surface area contributed by atoms with E-state index in [0.717, 1.165) is 5.56 Å². The first-order valence-corrected chi connectivity index (χ1v) is 6.91. The molecule has 1 unspecified atom stereocenters. The molecular formula is C16H24O3. The Bertz CT molecular complexity index is 380. The fourth-order valence-corrected chi connectivity index (χ4v) is 2.63. The monoisotopic (exact) mass is 264 g/mol. The fraction of sp³-hybridized carbons (Fsp3) is 0.625. The van der Waals surface area contributed by atoms with E-state index in [0.29, 0.717) is 19.1 Å². The maximum absolute atomic E-state index is 5.96. The summed E-state index contributed by atoms with van der Waals surface area (Å²) in [5.74, 6) is 0.444. The summed E-state index contributed by atoms with van der Waals surface area (Å²) >= 11 is 0. The van der Waals surface area contributed by atoms with Crippen molar-refractivity contribution in [2.24, 2.45) is 11.3 Å². The lowest BCUT2D eigenvalue weighted by atomic mass is 9.74. The summed E-state index contributed by atoms with van der Waals surface area (Å²) in [5.41, 5.74) is 1.00. The predicted molar refractivity (Wildman–Crippen MR) is 74.8 cm³/mol. The second-order valence-corrected chi connectivity index (χ2v) is 5.63. The molecule has 0 bridgehead atoms. The number of rotatable bonds is 4. The molecule has 0 spiro atoms. The van der Waals surface area contributed by atoms with Crippen molar-refractivity contribution in [3.8, 4) is 0 Å². The largest absolute Gasteiger partial charge is 0.381 e. The lowest BCUT2D eigenvalue weighted by Gasteiger charge is -2.46. The van der Waals surface area contributed by atoms with Crippen molar-refractivity contribution in [3.63, 3.8) is 0 Å². The standard InChI is InChI=1S/C16H24O3/c1-12(2)16(13(3)17-4)10-18-15(19-11-16)14-8-6-5-7-9-14/h5-9,12-13,15H,10-11H2,1-4H3. The highest BCUT2D eigenvalue weighted by Gasteiger charge is 2.44. The van der Waals surface area contributed by atoms with Gasteiger partial charge in [0, 0.05) is 18.1 Å². The van der Waals surface area contributed by atoms with E-state index in [4.69, 9.17) is 14.2 Å². The molecule has 19 heavy (non-hydrogen) atoms. The molecule has 1 saturated heterocycles. The average Bonchev–Trinajstić information content (AvgIpc) is 2.47. The smallest absolute Gasteiger partial charge is 0.183 e. The quantitative estimate of drug-likeness (QED) is 0.834.